The molecule has 0 fully saturated rings. The number of thiophene rings is 1. The van der Waals surface area contributed by atoms with E-state index in [9.17, 15) is 0 Å². The predicted molar refractivity (Wildman–Crippen MR) is 58.3 cm³/mol. The van der Waals surface area contributed by atoms with E-state index in [4.69, 9.17) is 11.5 Å². The van der Waals surface area contributed by atoms with Crippen molar-refractivity contribution in [2.45, 2.75) is 0 Å². The fourth-order valence-electron chi connectivity index (χ4n) is 1.17. The highest BCUT2D eigenvalue weighted by Crippen LogP contribution is 2.40. The summed E-state index contributed by atoms with van der Waals surface area (Å²) in [5.74, 6) is 0. The summed E-state index contributed by atoms with van der Waals surface area (Å²) in [6.07, 6.45) is 0. The lowest BCUT2D eigenvalue weighted by Gasteiger charge is -1.95. The molecule has 12 heavy (non-hydrogen) atoms. The normalized spacial score (nSPS) is 10.8. The third kappa shape index (κ3) is 0.990. The van der Waals surface area contributed by atoms with E-state index < -0.39 is 0 Å². The first-order valence-electron chi connectivity index (χ1n) is 3.42. The molecule has 0 saturated carbocycles. The minimum Gasteiger partial charge on any atom is -0.398 e. The highest BCUT2D eigenvalue weighted by Gasteiger charge is 2.08. The molecule has 0 saturated heterocycles. The molecular weight excluding hydrogens is 236 g/mol. The number of benzene rings is 1. The van der Waals surface area contributed by atoms with Gasteiger partial charge in [-0.1, -0.05) is 6.07 Å². The SMILES string of the molecule is Nc1cccc2sc(Br)c(N)c12. The molecule has 1 aromatic heterocycles. The third-order valence-electron chi connectivity index (χ3n) is 1.74. The average molecular weight is 243 g/mol. The van der Waals surface area contributed by atoms with Crippen LogP contribution >= 0.6 is 27.3 Å². The summed E-state index contributed by atoms with van der Waals surface area (Å²) in [5.41, 5.74) is 13.1. The zero-order chi connectivity index (χ0) is 8.72. The number of nitrogen functional groups attached to an aromatic ring is 2. The van der Waals surface area contributed by atoms with E-state index in [2.05, 4.69) is 15.9 Å². The molecule has 4 N–H and O–H groups in total. The lowest BCUT2D eigenvalue weighted by molar-refractivity contribution is 1.78. The Morgan fingerprint density at radius 1 is 1.25 bits per heavy atom. The Kier molecular flexibility index (Phi) is 1.73. The Morgan fingerprint density at radius 3 is 2.67 bits per heavy atom. The molecule has 0 aliphatic carbocycles. The summed E-state index contributed by atoms with van der Waals surface area (Å²) < 4.78 is 2.08. The molecule has 0 aliphatic rings. The van der Waals surface area contributed by atoms with Gasteiger partial charge in [0.15, 0.2) is 0 Å². The van der Waals surface area contributed by atoms with Crippen LogP contribution in [-0.4, -0.2) is 0 Å². The van der Waals surface area contributed by atoms with Gasteiger partial charge in [-0.25, -0.2) is 0 Å². The standard InChI is InChI=1S/C8H7BrN2S/c9-8-7(11)6-4(10)2-1-3-5(6)12-8/h1-3H,10-11H2. The molecule has 1 aromatic carbocycles. The van der Waals surface area contributed by atoms with Gasteiger partial charge in [0.25, 0.3) is 0 Å². The number of fused-ring (bicyclic) bond motifs is 1. The van der Waals surface area contributed by atoms with Gasteiger partial charge in [-0.05, 0) is 28.1 Å². The van der Waals surface area contributed by atoms with Crippen molar-refractivity contribution in [3.05, 3.63) is 22.0 Å². The highest BCUT2D eigenvalue weighted by molar-refractivity contribution is 9.11. The van der Waals surface area contributed by atoms with Crippen LogP contribution in [-0.2, 0) is 0 Å². The smallest absolute Gasteiger partial charge is 0.0941 e. The van der Waals surface area contributed by atoms with Crippen molar-refractivity contribution >= 4 is 48.7 Å². The maximum absolute atomic E-state index is 5.82. The summed E-state index contributed by atoms with van der Waals surface area (Å²) in [6.45, 7) is 0. The van der Waals surface area contributed by atoms with E-state index in [-0.39, 0.29) is 0 Å². The molecule has 1 heterocycles. The summed E-state index contributed by atoms with van der Waals surface area (Å²) >= 11 is 4.99. The van der Waals surface area contributed by atoms with Gasteiger partial charge in [0, 0.05) is 15.8 Å². The molecule has 2 rings (SSSR count). The van der Waals surface area contributed by atoms with Gasteiger partial charge in [-0.2, -0.15) is 0 Å². The van der Waals surface area contributed by atoms with Crippen molar-refractivity contribution in [3.63, 3.8) is 0 Å². The number of nitrogens with two attached hydrogens (primary N) is 2. The van der Waals surface area contributed by atoms with Gasteiger partial charge in [0.05, 0.1) is 9.47 Å². The second-order valence-electron chi connectivity index (χ2n) is 2.51. The number of hydrogen-bond donors (Lipinski definition) is 2. The van der Waals surface area contributed by atoms with Crippen molar-refractivity contribution in [2.24, 2.45) is 0 Å². The summed E-state index contributed by atoms with van der Waals surface area (Å²) in [5, 5.41) is 0.967. The Hall–Kier alpha value is -0.740. The van der Waals surface area contributed by atoms with Crippen LogP contribution < -0.4 is 11.5 Å². The summed E-state index contributed by atoms with van der Waals surface area (Å²) in [6, 6.07) is 5.80. The first-order valence-corrected chi connectivity index (χ1v) is 5.03. The van der Waals surface area contributed by atoms with E-state index >= 15 is 0 Å². The van der Waals surface area contributed by atoms with E-state index in [1.54, 1.807) is 11.3 Å². The van der Waals surface area contributed by atoms with Gasteiger partial charge in [-0.15, -0.1) is 11.3 Å². The quantitative estimate of drug-likeness (QED) is 0.699. The number of hydrogen-bond acceptors (Lipinski definition) is 3. The molecule has 2 aromatic rings. The number of halogens is 1. The maximum Gasteiger partial charge on any atom is 0.0941 e. The fourth-order valence-corrected chi connectivity index (χ4v) is 2.77. The monoisotopic (exact) mass is 242 g/mol. The molecule has 4 heteroatoms. The van der Waals surface area contributed by atoms with E-state index in [1.165, 1.54) is 0 Å². The van der Waals surface area contributed by atoms with Crippen LogP contribution in [0.2, 0.25) is 0 Å². The maximum atomic E-state index is 5.82. The molecular formula is C8H7BrN2S. The number of rotatable bonds is 0. The van der Waals surface area contributed by atoms with Crippen LogP contribution in [0, 0.1) is 0 Å². The molecule has 0 amide bonds. The Labute approximate surface area is 82.3 Å². The molecule has 0 unspecified atom stereocenters. The van der Waals surface area contributed by atoms with Gasteiger partial charge in [0.1, 0.15) is 0 Å². The van der Waals surface area contributed by atoms with Crippen molar-refractivity contribution in [1.82, 2.24) is 0 Å². The Balaban J connectivity index is 2.97. The highest BCUT2D eigenvalue weighted by atomic mass is 79.9. The number of anilines is 2. The van der Waals surface area contributed by atoms with Crippen molar-refractivity contribution < 1.29 is 0 Å². The largest absolute Gasteiger partial charge is 0.398 e. The van der Waals surface area contributed by atoms with Crippen molar-refractivity contribution in [1.29, 1.82) is 0 Å². The molecule has 2 nitrogen and oxygen atoms in total. The second kappa shape index (κ2) is 2.64. The molecule has 0 radical (unpaired) electrons. The van der Waals surface area contributed by atoms with Crippen molar-refractivity contribution in [3.8, 4) is 0 Å². The van der Waals surface area contributed by atoms with Gasteiger partial charge in [-0.3, -0.25) is 0 Å². The lowest BCUT2D eigenvalue weighted by atomic mass is 10.2. The van der Waals surface area contributed by atoms with Gasteiger partial charge < -0.3 is 11.5 Å². The fraction of sp³-hybridized carbons (Fsp3) is 0. The van der Waals surface area contributed by atoms with Gasteiger partial charge in [0.2, 0.25) is 0 Å². The van der Waals surface area contributed by atoms with Crippen LogP contribution in [0.5, 0.6) is 0 Å². The molecule has 0 aliphatic heterocycles. The van der Waals surface area contributed by atoms with Crippen LogP contribution in [0.3, 0.4) is 0 Å². The van der Waals surface area contributed by atoms with Crippen LogP contribution in [0.4, 0.5) is 11.4 Å². The average Bonchev–Trinajstić information content (AvgIpc) is 2.29. The minimum atomic E-state index is 0.743. The first kappa shape index (κ1) is 7.89. The second-order valence-corrected chi connectivity index (χ2v) is 4.88. The summed E-state index contributed by atoms with van der Waals surface area (Å²) in [4.78, 5) is 0. The molecule has 0 spiro atoms. The predicted octanol–water partition coefficient (Wildman–Crippen LogP) is 2.83. The zero-order valence-corrected chi connectivity index (χ0v) is 8.58. The van der Waals surface area contributed by atoms with Crippen LogP contribution in [0.15, 0.2) is 22.0 Å². The van der Waals surface area contributed by atoms with E-state index in [1.807, 2.05) is 18.2 Å². The topological polar surface area (TPSA) is 52.0 Å². The Bertz CT molecular complexity index is 436. The lowest BCUT2D eigenvalue weighted by Crippen LogP contribution is -1.88. The third-order valence-corrected chi connectivity index (χ3v) is 3.61. The minimum absolute atomic E-state index is 0.743. The van der Waals surface area contributed by atoms with E-state index in [0.717, 1.165) is 25.2 Å². The Morgan fingerprint density at radius 2 is 2.00 bits per heavy atom. The summed E-state index contributed by atoms with van der Waals surface area (Å²) in [7, 11) is 0. The molecule has 0 atom stereocenters. The van der Waals surface area contributed by atoms with Crippen LogP contribution in [0.25, 0.3) is 10.1 Å². The first-order chi connectivity index (χ1) is 5.70. The van der Waals surface area contributed by atoms with Gasteiger partial charge >= 0.3 is 0 Å². The van der Waals surface area contributed by atoms with Crippen molar-refractivity contribution in [2.75, 3.05) is 11.5 Å². The zero-order valence-electron chi connectivity index (χ0n) is 6.17. The molecule has 62 valence electrons. The van der Waals surface area contributed by atoms with E-state index in [0.29, 0.717) is 0 Å². The molecule has 0 bridgehead atoms. The van der Waals surface area contributed by atoms with Crippen LogP contribution in [0.1, 0.15) is 0 Å².